The van der Waals surface area contributed by atoms with Gasteiger partial charge in [-0.05, 0) is 53.3 Å². The predicted octanol–water partition coefficient (Wildman–Crippen LogP) is 8.49. The van der Waals surface area contributed by atoms with Gasteiger partial charge in [-0.1, -0.05) is 97.1 Å². The minimum Gasteiger partial charge on any atom is -0.489 e. The molecule has 5 aromatic rings. The molecule has 0 spiro atoms. The second-order valence-electron chi connectivity index (χ2n) is 9.94. The van der Waals surface area contributed by atoms with Gasteiger partial charge >= 0.3 is 0 Å². The number of hydrogen-bond acceptors (Lipinski definition) is 4. The van der Waals surface area contributed by atoms with Gasteiger partial charge in [0.05, 0.1) is 0 Å². The van der Waals surface area contributed by atoms with Crippen LogP contribution >= 0.6 is 0 Å². The molecule has 0 amide bonds. The van der Waals surface area contributed by atoms with Crippen LogP contribution in [0, 0.1) is 0 Å². The number of ether oxygens (including phenoxy) is 4. The van der Waals surface area contributed by atoms with Crippen molar-refractivity contribution in [2.75, 3.05) is 0 Å². The minimum atomic E-state index is -0.133. The summed E-state index contributed by atoms with van der Waals surface area (Å²) < 4.78 is 25.1. The summed E-state index contributed by atoms with van der Waals surface area (Å²) in [5.41, 5.74) is 5.57. The molecule has 0 fully saturated rings. The molecule has 0 aromatic heterocycles. The van der Waals surface area contributed by atoms with E-state index in [1.54, 1.807) is 0 Å². The summed E-state index contributed by atoms with van der Waals surface area (Å²) in [5, 5.41) is 0. The van der Waals surface area contributed by atoms with Crippen LogP contribution < -0.4 is 18.9 Å². The molecule has 6 rings (SSSR count). The second kappa shape index (κ2) is 12.4. The van der Waals surface area contributed by atoms with Gasteiger partial charge in [0.25, 0.3) is 0 Å². The highest BCUT2D eigenvalue weighted by Gasteiger charge is 2.25. The summed E-state index contributed by atoms with van der Waals surface area (Å²) in [6, 6.07) is 42.8. The predicted molar refractivity (Wildman–Crippen MR) is 157 cm³/mol. The maximum absolute atomic E-state index is 6.57. The molecule has 1 unspecified atom stereocenters. The number of fused-ring (bicyclic) bond motifs is 1. The Bertz CT molecular complexity index is 1520. The zero-order valence-corrected chi connectivity index (χ0v) is 22.4. The third kappa shape index (κ3) is 6.47. The minimum absolute atomic E-state index is 0.133. The van der Waals surface area contributed by atoms with Crippen molar-refractivity contribution in [3.63, 3.8) is 0 Å². The van der Waals surface area contributed by atoms with Crippen molar-refractivity contribution in [1.82, 2.24) is 0 Å². The van der Waals surface area contributed by atoms with E-state index in [9.17, 15) is 0 Å². The number of hydrogen-bond donors (Lipinski definition) is 0. The Morgan fingerprint density at radius 3 is 1.68 bits per heavy atom. The zero-order chi connectivity index (χ0) is 27.0. The average molecular weight is 529 g/mol. The van der Waals surface area contributed by atoms with Gasteiger partial charge < -0.3 is 18.9 Å². The lowest BCUT2D eigenvalue weighted by atomic mass is 9.96. The van der Waals surface area contributed by atoms with Gasteiger partial charge in [0.15, 0.2) is 0 Å². The number of rotatable bonds is 10. The zero-order valence-electron chi connectivity index (χ0n) is 22.4. The normalized spacial score (nSPS) is 14.1. The van der Waals surface area contributed by atoms with Crippen LogP contribution in [0.3, 0.4) is 0 Å². The number of aryl methyl sites for hydroxylation is 1. The maximum Gasteiger partial charge on any atom is 0.130 e. The van der Waals surface area contributed by atoms with Gasteiger partial charge in [-0.2, -0.15) is 0 Å². The van der Waals surface area contributed by atoms with E-state index in [0.29, 0.717) is 19.8 Å². The molecule has 200 valence electrons. The summed E-state index contributed by atoms with van der Waals surface area (Å²) in [5.74, 6) is 3.21. The first kappa shape index (κ1) is 25.6. The van der Waals surface area contributed by atoms with Gasteiger partial charge in [0.1, 0.15) is 48.9 Å². The highest BCUT2D eigenvalue weighted by molar-refractivity contribution is 5.46. The average Bonchev–Trinajstić information content (AvgIpc) is 3.03. The van der Waals surface area contributed by atoms with Crippen molar-refractivity contribution in [3.05, 3.63) is 155 Å². The molecule has 4 nitrogen and oxygen atoms in total. The highest BCUT2D eigenvalue weighted by Crippen LogP contribution is 2.41. The van der Waals surface area contributed by atoms with Crippen LogP contribution in [0.15, 0.2) is 127 Å². The Hall–Kier alpha value is -4.70. The van der Waals surface area contributed by atoms with Crippen molar-refractivity contribution >= 4 is 0 Å². The van der Waals surface area contributed by atoms with Crippen molar-refractivity contribution in [1.29, 1.82) is 0 Å². The maximum atomic E-state index is 6.57. The molecular weight excluding hydrogens is 496 g/mol. The smallest absolute Gasteiger partial charge is 0.130 e. The van der Waals surface area contributed by atoms with Crippen molar-refractivity contribution in [2.45, 2.75) is 38.8 Å². The van der Waals surface area contributed by atoms with Gasteiger partial charge in [0.2, 0.25) is 0 Å². The fraction of sp³-hybridized carbons (Fsp3) is 0.167. The third-order valence-electron chi connectivity index (χ3n) is 7.05. The Balaban J connectivity index is 1.20. The van der Waals surface area contributed by atoms with Crippen molar-refractivity contribution in [2.24, 2.45) is 0 Å². The second-order valence-corrected chi connectivity index (χ2v) is 9.94. The molecule has 1 aliphatic heterocycles. The van der Waals surface area contributed by atoms with E-state index < -0.39 is 0 Å². The largest absolute Gasteiger partial charge is 0.489 e. The van der Waals surface area contributed by atoms with Crippen LogP contribution in [0.2, 0.25) is 0 Å². The SMILES string of the molecule is c1ccc(COc2ccc3c(c2)OC(c2ccc(OCc4ccccc4)cc2OCc2ccccc2)CC3)cc1. The Kier molecular flexibility index (Phi) is 7.95. The Morgan fingerprint density at radius 1 is 0.550 bits per heavy atom. The summed E-state index contributed by atoms with van der Waals surface area (Å²) in [6.07, 6.45) is 1.65. The first-order valence-corrected chi connectivity index (χ1v) is 13.7. The van der Waals surface area contributed by atoms with Crippen LogP contribution in [-0.2, 0) is 26.2 Å². The quantitative estimate of drug-likeness (QED) is 0.182. The lowest BCUT2D eigenvalue weighted by molar-refractivity contribution is 0.168. The van der Waals surface area contributed by atoms with Crippen LogP contribution in [0.4, 0.5) is 0 Å². The Morgan fingerprint density at radius 2 is 1.07 bits per heavy atom. The molecule has 1 atom stereocenters. The molecule has 0 bridgehead atoms. The van der Waals surface area contributed by atoms with E-state index in [1.807, 2.05) is 78.9 Å². The molecule has 1 aliphatic rings. The van der Waals surface area contributed by atoms with Crippen LogP contribution in [0.5, 0.6) is 23.0 Å². The van der Waals surface area contributed by atoms with Gasteiger partial charge in [-0.15, -0.1) is 0 Å². The van der Waals surface area contributed by atoms with E-state index in [-0.39, 0.29) is 6.10 Å². The molecular formula is C36H32O4. The van der Waals surface area contributed by atoms with E-state index in [1.165, 1.54) is 5.56 Å². The highest BCUT2D eigenvalue weighted by atomic mass is 16.5. The first-order chi connectivity index (χ1) is 19.8. The van der Waals surface area contributed by atoms with Crippen LogP contribution in [0.1, 0.15) is 40.3 Å². The van der Waals surface area contributed by atoms with Gasteiger partial charge in [0, 0.05) is 17.7 Å². The monoisotopic (exact) mass is 528 g/mol. The van der Waals surface area contributed by atoms with Gasteiger partial charge in [-0.25, -0.2) is 0 Å². The molecule has 0 radical (unpaired) electrons. The lowest BCUT2D eigenvalue weighted by Crippen LogP contribution is -2.16. The fourth-order valence-corrected chi connectivity index (χ4v) is 4.87. The van der Waals surface area contributed by atoms with Crippen LogP contribution in [-0.4, -0.2) is 0 Å². The number of benzene rings is 5. The van der Waals surface area contributed by atoms with Crippen molar-refractivity contribution in [3.8, 4) is 23.0 Å². The topological polar surface area (TPSA) is 36.9 Å². The Labute approximate surface area is 235 Å². The molecule has 4 heteroatoms. The van der Waals surface area contributed by atoms with E-state index >= 15 is 0 Å². The lowest BCUT2D eigenvalue weighted by Gasteiger charge is -2.28. The van der Waals surface area contributed by atoms with Crippen molar-refractivity contribution < 1.29 is 18.9 Å². The third-order valence-corrected chi connectivity index (χ3v) is 7.05. The molecule has 5 aromatic carbocycles. The van der Waals surface area contributed by atoms with E-state index in [0.717, 1.165) is 58.1 Å². The van der Waals surface area contributed by atoms with Gasteiger partial charge in [-0.3, -0.25) is 0 Å². The molecule has 0 saturated carbocycles. The summed E-state index contributed by atoms with van der Waals surface area (Å²) in [4.78, 5) is 0. The summed E-state index contributed by atoms with van der Waals surface area (Å²) >= 11 is 0. The standard InChI is InChI=1S/C36H32O4/c1-4-10-27(11-5-1)24-37-31-18-16-30-17-21-34(40-35(30)22-31)33-20-19-32(38-25-28-12-6-2-7-13-28)23-36(33)39-26-29-14-8-3-9-15-29/h1-16,18-20,22-23,34H,17,21,24-26H2. The summed E-state index contributed by atoms with van der Waals surface area (Å²) in [7, 11) is 0. The summed E-state index contributed by atoms with van der Waals surface area (Å²) in [6.45, 7) is 1.49. The van der Waals surface area contributed by atoms with E-state index in [4.69, 9.17) is 18.9 Å². The molecule has 0 saturated heterocycles. The molecule has 0 N–H and O–H groups in total. The first-order valence-electron chi connectivity index (χ1n) is 13.7. The fourth-order valence-electron chi connectivity index (χ4n) is 4.87. The van der Waals surface area contributed by atoms with E-state index in [2.05, 4.69) is 48.5 Å². The molecule has 0 aliphatic carbocycles. The van der Waals surface area contributed by atoms with Crippen LogP contribution in [0.25, 0.3) is 0 Å². The molecule has 40 heavy (non-hydrogen) atoms. The molecule has 1 heterocycles.